The van der Waals surface area contributed by atoms with Gasteiger partial charge < -0.3 is 9.47 Å². The third-order valence-corrected chi connectivity index (χ3v) is 13.3. The highest BCUT2D eigenvalue weighted by molar-refractivity contribution is 6.52. The molecule has 5 aliphatic rings. The molecular weight excluding hydrogens is 504 g/mol. The summed E-state index contributed by atoms with van der Waals surface area (Å²) in [6, 6.07) is 0. The fourth-order valence-corrected chi connectivity index (χ4v) is 11.3. The van der Waals surface area contributed by atoms with Crippen molar-refractivity contribution in [2.45, 2.75) is 120 Å². The molecule has 0 saturated heterocycles. The predicted molar refractivity (Wildman–Crippen MR) is 152 cm³/mol. The van der Waals surface area contributed by atoms with E-state index in [1.54, 1.807) is 6.92 Å². The van der Waals surface area contributed by atoms with Crippen molar-refractivity contribution in [3.05, 3.63) is 11.1 Å². The molecule has 0 aromatic carbocycles. The number of hydrogen-bond donors (Lipinski definition) is 0. The molecule has 6 heteroatoms. The van der Waals surface area contributed by atoms with Gasteiger partial charge in [-0.1, -0.05) is 48.5 Å². The quantitative estimate of drug-likeness (QED) is 0.220. The largest absolute Gasteiger partial charge is 0.465 e. The maximum absolute atomic E-state index is 13.7. The first-order chi connectivity index (χ1) is 18.5. The summed E-state index contributed by atoms with van der Waals surface area (Å²) in [5, 5.41) is 0. The molecular formula is C34H50O6. The van der Waals surface area contributed by atoms with Crippen LogP contribution in [0, 0.1) is 50.7 Å². The molecule has 0 N–H and O–H groups in total. The monoisotopic (exact) mass is 554 g/mol. The van der Waals surface area contributed by atoms with Crippen molar-refractivity contribution in [3.8, 4) is 0 Å². The molecule has 4 fully saturated rings. The predicted octanol–water partition coefficient (Wildman–Crippen LogP) is 6.64. The van der Waals surface area contributed by atoms with Crippen LogP contribution in [0.1, 0.15) is 114 Å². The van der Waals surface area contributed by atoms with E-state index in [0.717, 1.165) is 50.5 Å². The van der Waals surface area contributed by atoms with Gasteiger partial charge >= 0.3 is 11.9 Å². The molecule has 0 radical (unpaired) electrons. The summed E-state index contributed by atoms with van der Waals surface area (Å²) in [6.07, 6.45) is 6.94. The lowest BCUT2D eigenvalue weighted by Crippen LogP contribution is -2.66. The molecule has 3 unspecified atom stereocenters. The lowest BCUT2D eigenvalue weighted by molar-refractivity contribution is -0.232. The van der Waals surface area contributed by atoms with E-state index in [4.69, 9.17) is 9.47 Å². The smallest absolute Gasteiger partial charge is 0.324 e. The lowest BCUT2D eigenvalue weighted by Gasteiger charge is -2.71. The first-order valence-corrected chi connectivity index (χ1v) is 15.7. The fourth-order valence-electron chi connectivity index (χ4n) is 11.3. The molecule has 5 aliphatic carbocycles. The lowest BCUT2D eigenvalue weighted by atomic mass is 9.33. The van der Waals surface area contributed by atoms with Gasteiger partial charge in [0.2, 0.25) is 11.6 Å². The van der Waals surface area contributed by atoms with Crippen LogP contribution >= 0.6 is 0 Å². The highest BCUT2D eigenvalue weighted by Gasteiger charge is 2.73. The van der Waals surface area contributed by atoms with Crippen molar-refractivity contribution < 1.29 is 28.7 Å². The molecule has 4 saturated carbocycles. The number of allylic oxidation sites excluding steroid dienone is 1. The van der Waals surface area contributed by atoms with E-state index < -0.39 is 23.0 Å². The molecule has 0 spiro atoms. The van der Waals surface area contributed by atoms with Crippen LogP contribution in [-0.4, -0.2) is 36.2 Å². The second kappa shape index (κ2) is 9.26. The van der Waals surface area contributed by atoms with Gasteiger partial charge in [-0.2, -0.15) is 0 Å². The molecule has 5 rings (SSSR count). The summed E-state index contributed by atoms with van der Waals surface area (Å²) < 4.78 is 11.4. The van der Waals surface area contributed by atoms with Gasteiger partial charge in [0.05, 0.1) is 6.61 Å². The Hall–Kier alpha value is -1.98. The van der Waals surface area contributed by atoms with Crippen LogP contribution in [0.15, 0.2) is 11.1 Å². The van der Waals surface area contributed by atoms with Gasteiger partial charge in [-0.25, -0.2) is 0 Å². The number of Topliss-reactive ketones (excluding diaryl/α,β-unsaturated/α-hetero) is 2. The van der Waals surface area contributed by atoms with E-state index in [-0.39, 0.29) is 52.2 Å². The van der Waals surface area contributed by atoms with Gasteiger partial charge in [-0.05, 0) is 104 Å². The van der Waals surface area contributed by atoms with Crippen LogP contribution in [0.4, 0.5) is 0 Å². The topological polar surface area (TPSA) is 86.7 Å². The Kier molecular flexibility index (Phi) is 6.83. The average molecular weight is 555 g/mol. The molecule has 0 aliphatic heterocycles. The number of carbonyl (C=O) groups excluding carboxylic acids is 4. The minimum atomic E-state index is -1.44. The molecule has 40 heavy (non-hydrogen) atoms. The Morgan fingerprint density at radius 2 is 1.55 bits per heavy atom. The van der Waals surface area contributed by atoms with E-state index in [1.807, 2.05) is 13.8 Å². The van der Waals surface area contributed by atoms with E-state index in [2.05, 4.69) is 34.6 Å². The van der Waals surface area contributed by atoms with E-state index in [9.17, 15) is 19.2 Å². The number of esters is 2. The second-order valence-electron chi connectivity index (χ2n) is 15.3. The Labute approximate surface area is 240 Å². The molecule has 0 bridgehead atoms. The van der Waals surface area contributed by atoms with Crippen LogP contribution in [0.2, 0.25) is 0 Å². The van der Waals surface area contributed by atoms with Crippen LogP contribution in [0.3, 0.4) is 0 Å². The van der Waals surface area contributed by atoms with Crippen LogP contribution < -0.4 is 0 Å². The maximum Gasteiger partial charge on any atom is 0.324 e. The minimum absolute atomic E-state index is 0.00386. The van der Waals surface area contributed by atoms with Crippen molar-refractivity contribution in [2.24, 2.45) is 50.7 Å². The summed E-state index contributed by atoms with van der Waals surface area (Å²) in [7, 11) is 0. The number of fused-ring (bicyclic) bond motifs is 7. The van der Waals surface area contributed by atoms with Crippen molar-refractivity contribution in [3.63, 3.8) is 0 Å². The van der Waals surface area contributed by atoms with Crippen LogP contribution in [0.5, 0.6) is 0 Å². The number of ether oxygens (including phenoxy) is 2. The molecule has 8 atom stereocenters. The number of rotatable bonds is 4. The molecule has 0 aromatic rings. The highest BCUT2D eigenvalue weighted by atomic mass is 16.5. The summed E-state index contributed by atoms with van der Waals surface area (Å²) in [5.41, 5.74) is -0.193. The van der Waals surface area contributed by atoms with Crippen molar-refractivity contribution in [1.82, 2.24) is 0 Å². The molecule has 0 amide bonds. The highest BCUT2D eigenvalue weighted by Crippen LogP contribution is 2.76. The number of ketones is 2. The first-order valence-electron chi connectivity index (χ1n) is 15.7. The third kappa shape index (κ3) is 3.52. The normalized spacial score (nSPS) is 44.0. The van der Waals surface area contributed by atoms with Crippen LogP contribution in [0.25, 0.3) is 0 Å². The molecule has 0 heterocycles. The Morgan fingerprint density at radius 3 is 2.15 bits per heavy atom. The van der Waals surface area contributed by atoms with E-state index in [1.165, 1.54) is 6.92 Å². The van der Waals surface area contributed by atoms with Crippen molar-refractivity contribution in [1.29, 1.82) is 0 Å². The molecule has 6 nitrogen and oxygen atoms in total. The fraction of sp³-hybridized carbons (Fsp3) is 0.824. The zero-order valence-electron chi connectivity index (χ0n) is 26.2. The maximum atomic E-state index is 13.7. The molecule has 222 valence electrons. The first kappa shape index (κ1) is 29.5. The van der Waals surface area contributed by atoms with Crippen molar-refractivity contribution >= 4 is 23.5 Å². The van der Waals surface area contributed by atoms with E-state index >= 15 is 0 Å². The van der Waals surface area contributed by atoms with E-state index in [0.29, 0.717) is 23.8 Å². The minimum Gasteiger partial charge on any atom is -0.465 e. The van der Waals surface area contributed by atoms with Crippen molar-refractivity contribution in [2.75, 3.05) is 6.61 Å². The average Bonchev–Trinajstić information content (AvgIpc) is 3.09. The number of carbonyl (C=O) groups is 4. The summed E-state index contributed by atoms with van der Waals surface area (Å²) >= 11 is 0. The summed E-state index contributed by atoms with van der Waals surface area (Å²) in [5.74, 6) is -0.934. The van der Waals surface area contributed by atoms with Gasteiger partial charge in [0, 0.05) is 17.9 Å². The zero-order valence-corrected chi connectivity index (χ0v) is 26.2. The Bertz CT molecular complexity index is 1180. The molecule has 0 aromatic heterocycles. The Morgan fingerprint density at radius 1 is 0.875 bits per heavy atom. The van der Waals surface area contributed by atoms with Gasteiger partial charge in [0.1, 0.15) is 6.10 Å². The van der Waals surface area contributed by atoms with Gasteiger partial charge in [-0.15, -0.1) is 0 Å². The van der Waals surface area contributed by atoms with Gasteiger partial charge in [-0.3, -0.25) is 19.2 Å². The zero-order chi connectivity index (χ0) is 29.6. The standard InChI is InChI=1S/C34H50O6/c1-10-39-29(38)34-18-17-32(8)21(26(34)25(19(2)3)27(36)28(34)37)11-12-23-31(7)15-14-24(40-20(4)35)30(5,6)22(31)13-16-33(23,32)9/h19,21-24H,10-18H2,1-9H3/t21?,22?,23?,24-,31-,32+,33+,34-/m0/s1. The van der Waals surface area contributed by atoms with Gasteiger partial charge in [0.25, 0.3) is 0 Å². The SMILES string of the molecule is CCOC(=O)[C@@]12CC[C@]3(C)C(CCC4[C@@]5(C)CC[C@H](OC(C)=O)C(C)(C)C5CC[C@]43C)C1=C(C(C)C)C(=O)C2=O. The summed E-state index contributed by atoms with van der Waals surface area (Å²) in [4.78, 5) is 52.8. The second-order valence-corrected chi connectivity index (χ2v) is 15.3. The summed E-state index contributed by atoms with van der Waals surface area (Å²) in [6.45, 7) is 19.4. The number of hydrogen-bond acceptors (Lipinski definition) is 6. The van der Waals surface area contributed by atoms with Gasteiger partial charge in [0.15, 0.2) is 5.41 Å². The Balaban J connectivity index is 1.59. The third-order valence-electron chi connectivity index (χ3n) is 13.3. The van der Waals surface area contributed by atoms with Crippen LogP contribution in [-0.2, 0) is 28.7 Å².